The zero-order chi connectivity index (χ0) is 14.5. The van der Waals surface area contributed by atoms with Gasteiger partial charge in [-0.1, -0.05) is 31.5 Å². The van der Waals surface area contributed by atoms with Crippen molar-refractivity contribution < 1.29 is 4.39 Å². The maximum absolute atomic E-state index is 13.3. The molecule has 1 N–H and O–H groups in total. The van der Waals surface area contributed by atoms with E-state index in [2.05, 4.69) is 24.1 Å². The molecule has 1 heterocycles. The van der Waals surface area contributed by atoms with E-state index in [-0.39, 0.29) is 30.6 Å². The summed E-state index contributed by atoms with van der Waals surface area (Å²) in [5, 5.41) is 3.93. The molecule has 0 aliphatic carbocycles. The molecule has 0 aromatic heterocycles. The summed E-state index contributed by atoms with van der Waals surface area (Å²) in [5.74, 6) is 0.404. The molecule has 128 valence electrons. The average Bonchev–Trinajstić information content (AvgIpc) is 2.42. The molecule has 2 nitrogen and oxygen atoms in total. The highest BCUT2D eigenvalue weighted by atomic mass is 35.5. The van der Waals surface area contributed by atoms with Crippen LogP contribution in [0, 0.1) is 11.7 Å². The second-order valence-electron chi connectivity index (χ2n) is 5.94. The SMILES string of the molecule is CC(C)CC[C@H](c1ccc(F)cc1Cl)N1CCNCC1.Cl.Cl. The first-order valence-electron chi connectivity index (χ1n) is 7.47. The number of nitrogens with one attached hydrogen (secondary N) is 1. The Hall–Kier alpha value is -0.0600. The van der Waals surface area contributed by atoms with E-state index in [1.54, 1.807) is 0 Å². The lowest BCUT2D eigenvalue weighted by molar-refractivity contribution is 0.160. The predicted molar refractivity (Wildman–Crippen MR) is 97.2 cm³/mol. The highest BCUT2D eigenvalue weighted by molar-refractivity contribution is 6.31. The van der Waals surface area contributed by atoms with Gasteiger partial charge in [0.25, 0.3) is 0 Å². The molecule has 0 amide bonds. The standard InChI is InChI=1S/C16H24ClFN2.2ClH/c1-12(2)3-6-16(20-9-7-19-8-10-20)14-5-4-13(18)11-15(14)17;;/h4-5,11-12,16,19H,3,6-10H2,1-2H3;2*1H/t16-;;/m1../s1. The van der Waals surface area contributed by atoms with Crippen LogP contribution in [0.25, 0.3) is 0 Å². The van der Waals surface area contributed by atoms with E-state index in [1.165, 1.54) is 12.1 Å². The summed E-state index contributed by atoms with van der Waals surface area (Å²) < 4.78 is 13.3. The van der Waals surface area contributed by atoms with Crippen molar-refractivity contribution in [2.45, 2.75) is 32.7 Å². The number of benzene rings is 1. The summed E-state index contributed by atoms with van der Waals surface area (Å²) in [4.78, 5) is 2.47. The Kier molecular flexibility index (Phi) is 10.6. The molecule has 1 saturated heterocycles. The Labute approximate surface area is 150 Å². The topological polar surface area (TPSA) is 15.3 Å². The first-order chi connectivity index (χ1) is 9.58. The van der Waals surface area contributed by atoms with Gasteiger partial charge in [-0.3, -0.25) is 4.90 Å². The Morgan fingerprint density at radius 2 is 1.82 bits per heavy atom. The van der Waals surface area contributed by atoms with Gasteiger partial charge in [0.1, 0.15) is 5.82 Å². The molecule has 1 atom stereocenters. The smallest absolute Gasteiger partial charge is 0.124 e. The van der Waals surface area contributed by atoms with Crippen LogP contribution in [0.1, 0.15) is 38.3 Å². The molecule has 1 aliphatic rings. The molecule has 1 fully saturated rings. The number of hydrogen-bond donors (Lipinski definition) is 1. The zero-order valence-corrected chi connectivity index (χ0v) is 15.5. The summed E-state index contributed by atoms with van der Waals surface area (Å²) >= 11 is 6.28. The van der Waals surface area contributed by atoms with Gasteiger partial charge in [0, 0.05) is 37.2 Å². The molecular weight excluding hydrogens is 346 g/mol. The van der Waals surface area contributed by atoms with Crippen LogP contribution in [-0.2, 0) is 0 Å². The van der Waals surface area contributed by atoms with Gasteiger partial charge in [0.05, 0.1) is 0 Å². The fourth-order valence-corrected chi connectivity index (χ4v) is 3.08. The quantitative estimate of drug-likeness (QED) is 0.806. The van der Waals surface area contributed by atoms with Gasteiger partial charge < -0.3 is 5.32 Å². The summed E-state index contributed by atoms with van der Waals surface area (Å²) in [6.45, 7) is 8.54. The van der Waals surface area contributed by atoms with Crippen LogP contribution in [0.3, 0.4) is 0 Å². The Morgan fingerprint density at radius 1 is 1.18 bits per heavy atom. The lowest BCUT2D eigenvalue weighted by Gasteiger charge is -2.36. The van der Waals surface area contributed by atoms with Crippen LogP contribution in [0.4, 0.5) is 4.39 Å². The first kappa shape index (κ1) is 21.9. The molecule has 0 radical (unpaired) electrons. The minimum atomic E-state index is -0.262. The largest absolute Gasteiger partial charge is 0.314 e. The van der Waals surface area contributed by atoms with Crippen molar-refractivity contribution in [3.8, 4) is 0 Å². The number of hydrogen-bond acceptors (Lipinski definition) is 2. The molecule has 1 aromatic rings. The summed E-state index contributed by atoms with van der Waals surface area (Å²) in [6, 6.07) is 5.10. The zero-order valence-electron chi connectivity index (χ0n) is 13.1. The molecule has 2 rings (SSSR count). The van der Waals surface area contributed by atoms with Gasteiger partial charge in [0.15, 0.2) is 0 Å². The highest BCUT2D eigenvalue weighted by Gasteiger charge is 2.24. The molecule has 0 saturated carbocycles. The van der Waals surface area contributed by atoms with Crippen molar-refractivity contribution in [1.82, 2.24) is 10.2 Å². The van der Waals surface area contributed by atoms with Gasteiger partial charge in [-0.15, -0.1) is 24.8 Å². The van der Waals surface area contributed by atoms with Gasteiger partial charge in [0.2, 0.25) is 0 Å². The van der Waals surface area contributed by atoms with Gasteiger partial charge in [-0.2, -0.15) is 0 Å². The second kappa shape index (κ2) is 10.7. The number of rotatable bonds is 5. The Balaban J connectivity index is 0.00000220. The third kappa shape index (κ3) is 6.21. The Bertz CT molecular complexity index is 437. The molecule has 6 heteroatoms. The van der Waals surface area contributed by atoms with Crippen molar-refractivity contribution in [2.24, 2.45) is 5.92 Å². The number of piperazine rings is 1. The van der Waals surface area contributed by atoms with E-state index in [0.717, 1.165) is 44.6 Å². The van der Waals surface area contributed by atoms with Crippen molar-refractivity contribution in [1.29, 1.82) is 0 Å². The number of halogens is 4. The minimum absolute atomic E-state index is 0. The van der Waals surface area contributed by atoms with E-state index < -0.39 is 0 Å². The van der Waals surface area contributed by atoms with Crippen molar-refractivity contribution in [2.75, 3.05) is 26.2 Å². The van der Waals surface area contributed by atoms with Crippen molar-refractivity contribution in [3.05, 3.63) is 34.6 Å². The van der Waals surface area contributed by atoms with Gasteiger partial charge in [-0.05, 0) is 36.5 Å². The fraction of sp³-hybridized carbons (Fsp3) is 0.625. The van der Waals surface area contributed by atoms with E-state index in [1.807, 2.05) is 6.07 Å². The summed E-state index contributed by atoms with van der Waals surface area (Å²) in [7, 11) is 0. The number of nitrogens with zero attached hydrogens (tertiary/aromatic N) is 1. The summed E-state index contributed by atoms with van der Waals surface area (Å²) in [5.41, 5.74) is 1.07. The summed E-state index contributed by atoms with van der Waals surface area (Å²) in [6.07, 6.45) is 2.23. The van der Waals surface area contributed by atoms with Gasteiger partial charge >= 0.3 is 0 Å². The first-order valence-corrected chi connectivity index (χ1v) is 7.85. The lowest BCUT2D eigenvalue weighted by atomic mass is 9.95. The van der Waals surface area contributed by atoms with E-state index in [9.17, 15) is 4.39 Å². The molecule has 0 bridgehead atoms. The van der Waals surface area contributed by atoms with E-state index in [0.29, 0.717) is 17.0 Å². The van der Waals surface area contributed by atoms with E-state index in [4.69, 9.17) is 11.6 Å². The third-order valence-electron chi connectivity index (χ3n) is 3.93. The molecule has 0 unspecified atom stereocenters. The van der Waals surface area contributed by atoms with Crippen molar-refractivity contribution in [3.63, 3.8) is 0 Å². The van der Waals surface area contributed by atoms with Crippen molar-refractivity contribution >= 4 is 36.4 Å². The monoisotopic (exact) mass is 370 g/mol. The second-order valence-corrected chi connectivity index (χ2v) is 6.35. The maximum Gasteiger partial charge on any atom is 0.124 e. The molecule has 1 aliphatic heterocycles. The molecular formula is C16H26Cl3FN2. The Morgan fingerprint density at radius 3 is 2.36 bits per heavy atom. The van der Waals surface area contributed by atoms with Gasteiger partial charge in [-0.25, -0.2) is 4.39 Å². The lowest BCUT2D eigenvalue weighted by Crippen LogP contribution is -2.45. The molecule has 1 aromatic carbocycles. The average molecular weight is 372 g/mol. The molecule has 22 heavy (non-hydrogen) atoms. The minimum Gasteiger partial charge on any atom is -0.314 e. The third-order valence-corrected chi connectivity index (χ3v) is 4.26. The molecule has 0 spiro atoms. The highest BCUT2D eigenvalue weighted by Crippen LogP contribution is 2.32. The van der Waals surface area contributed by atoms with Crippen LogP contribution >= 0.6 is 36.4 Å². The van der Waals surface area contributed by atoms with Crippen LogP contribution < -0.4 is 5.32 Å². The fourth-order valence-electron chi connectivity index (χ4n) is 2.79. The van der Waals surface area contributed by atoms with Crippen LogP contribution in [0.2, 0.25) is 5.02 Å². The maximum atomic E-state index is 13.3. The predicted octanol–water partition coefficient (Wildman–Crippen LogP) is 4.71. The normalized spacial score (nSPS) is 16.8. The van der Waals surface area contributed by atoms with E-state index >= 15 is 0 Å². The van der Waals surface area contributed by atoms with Crippen LogP contribution in [0.5, 0.6) is 0 Å². The van der Waals surface area contributed by atoms with Crippen LogP contribution in [0.15, 0.2) is 18.2 Å². The van der Waals surface area contributed by atoms with Crippen LogP contribution in [-0.4, -0.2) is 31.1 Å².